The van der Waals surface area contributed by atoms with E-state index in [4.69, 9.17) is 9.59 Å². The van der Waals surface area contributed by atoms with Gasteiger partial charge >= 0.3 is 17.1 Å². The van der Waals surface area contributed by atoms with Crippen LogP contribution in [-0.4, -0.2) is 30.7 Å². The summed E-state index contributed by atoms with van der Waals surface area (Å²) in [6.45, 7) is 3.06. The smallest absolute Gasteiger partial charge is 0.533 e. The van der Waals surface area contributed by atoms with Gasteiger partial charge in [0.05, 0.1) is 0 Å². The van der Waals surface area contributed by atoms with Gasteiger partial charge in [0.15, 0.2) is 0 Å². The number of Topliss-reactive ketones (excluding diaryl/α,β-unsaturated/α-hetero) is 1. The van der Waals surface area contributed by atoms with E-state index in [0.717, 1.165) is 0 Å². The Morgan fingerprint density at radius 2 is 0.882 bits per heavy atom. The number of hydrogen-bond donors (Lipinski definition) is 0. The van der Waals surface area contributed by atoms with E-state index in [1.807, 2.05) is 0 Å². The molecule has 0 amide bonds. The van der Waals surface area contributed by atoms with Crippen molar-refractivity contribution in [1.82, 2.24) is 0 Å². The quantitative estimate of drug-likeness (QED) is 0.390. The average molecular weight is 316 g/mol. The summed E-state index contributed by atoms with van der Waals surface area (Å²) in [4.78, 5) is 26.6. The molecule has 0 bridgehead atoms. The third-order valence-corrected chi connectivity index (χ3v) is 0.231. The van der Waals surface area contributed by atoms with Crippen LogP contribution in [0.15, 0.2) is 0 Å². The normalized spacial score (nSPS) is 9.41. The van der Waals surface area contributed by atoms with Crippen molar-refractivity contribution in [2.75, 3.05) is 0 Å². The molecule has 0 saturated heterocycles. The minimum absolute atomic E-state index is 0. The summed E-state index contributed by atoms with van der Waals surface area (Å²) >= 11 is 0. The van der Waals surface area contributed by atoms with Crippen LogP contribution in [0.4, 0.5) is 26.3 Å². The third-order valence-electron chi connectivity index (χ3n) is 0.231. The summed E-state index contributed by atoms with van der Waals surface area (Å²) in [5.74, 6) is 0.167. The van der Waals surface area contributed by atoms with E-state index in [-0.39, 0.29) is 35.4 Å². The van der Waals surface area contributed by atoms with Crippen LogP contribution in [0.25, 0.3) is 0 Å². The molecule has 0 aliphatic heterocycles. The van der Waals surface area contributed by atoms with E-state index in [1.54, 1.807) is 0 Å². The van der Waals surface area contributed by atoms with Crippen molar-refractivity contribution in [2.45, 2.75) is 26.2 Å². The van der Waals surface area contributed by atoms with E-state index in [9.17, 15) is 31.1 Å². The van der Waals surface area contributed by atoms with Gasteiger partial charge in [-0.1, -0.05) is 0 Å². The molecular weight excluding hydrogens is 310 g/mol. The van der Waals surface area contributed by atoms with Crippen molar-refractivity contribution in [3.63, 3.8) is 0 Å². The standard InChI is InChI=1S/C3H6O.2C2F3O.Cu/c1-3(2)4;2*3-2(4,5)1-6;/h1-2H3;;;/q;2*-1;+2. The van der Waals surface area contributed by atoms with Gasteiger partial charge in [0.1, 0.15) is 5.78 Å². The summed E-state index contributed by atoms with van der Waals surface area (Å²) in [6, 6.07) is 0. The molecule has 0 heterocycles. The summed E-state index contributed by atoms with van der Waals surface area (Å²) in [7, 11) is 0. The molecule has 0 unspecified atom stereocenters. The fraction of sp³-hybridized carbons (Fsp3) is 0.571. The monoisotopic (exact) mass is 315 g/mol. The summed E-state index contributed by atoms with van der Waals surface area (Å²) in [5.41, 5.74) is 0. The van der Waals surface area contributed by atoms with Gasteiger partial charge in [0, 0.05) is 0 Å². The average Bonchev–Trinajstić information content (AvgIpc) is 2.02. The molecule has 0 aromatic carbocycles. The van der Waals surface area contributed by atoms with Crippen molar-refractivity contribution in [3.05, 3.63) is 0 Å². The molecule has 0 N–H and O–H groups in total. The second-order valence-corrected chi connectivity index (χ2v) is 2.11. The van der Waals surface area contributed by atoms with Gasteiger partial charge in [-0.25, -0.2) is 26.3 Å². The van der Waals surface area contributed by atoms with Gasteiger partial charge in [0.2, 0.25) is 0 Å². The van der Waals surface area contributed by atoms with Gasteiger partial charge in [-0.3, -0.25) is 0 Å². The minimum Gasteiger partial charge on any atom is -0.533 e. The summed E-state index contributed by atoms with van der Waals surface area (Å²) in [6.07, 6.45) is -9.82. The Morgan fingerprint density at radius 1 is 0.824 bits per heavy atom. The molecule has 0 aromatic heterocycles. The van der Waals surface area contributed by atoms with Crippen molar-refractivity contribution in [3.8, 4) is 0 Å². The predicted molar refractivity (Wildman–Crippen MR) is 39.9 cm³/mol. The molecule has 0 aromatic rings. The van der Waals surface area contributed by atoms with Crippen LogP contribution in [0.5, 0.6) is 0 Å². The number of halogens is 6. The molecule has 3 nitrogen and oxygen atoms in total. The minimum atomic E-state index is -4.76. The summed E-state index contributed by atoms with van der Waals surface area (Å²) < 4.78 is 62.2. The third kappa shape index (κ3) is 99.5. The molecule has 105 valence electrons. The van der Waals surface area contributed by atoms with Crippen molar-refractivity contribution < 1.29 is 57.8 Å². The fourth-order valence-corrected chi connectivity index (χ4v) is 0. The number of alkyl halides is 6. The van der Waals surface area contributed by atoms with Crippen LogP contribution in [0.2, 0.25) is 0 Å². The zero-order valence-electron chi connectivity index (χ0n) is 8.29. The molecule has 0 spiro atoms. The number of hydrogen-bond acceptors (Lipinski definition) is 3. The first-order valence-corrected chi connectivity index (χ1v) is 3.25. The Labute approximate surface area is 103 Å². The first-order chi connectivity index (χ1) is 6.85. The fourth-order valence-electron chi connectivity index (χ4n) is 0. The molecule has 10 heteroatoms. The molecule has 17 heavy (non-hydrogen) atoms. The zero-order chi connectivity index (χ0) is 14.0. The second kappa shape index (κ2) is 11.6. The largest absolute Gasteiger partial charge is 2.00 e. The first kappa shape index (κ1) is 25.1. The van der Waals surface area contributed by atoms with Gasteiger partial charge in [-0.2, -0.15) is 12.6 Å². The molecule has 0 rings (SSSR count). The first-order valence-electron chi connectivity index (χ1n) is 3.25. The summed E-state index contributed by atoms with van der Waals surface area (Å²) in [5, 5.41) is 0. The van der Waals surface area contributed by atoms with Crippen LogP contribution in [0, 0.1) is 0 Å². The zero-order valence-corrected chi connectivity index (χ0v) is 9.24. The van der Waals surface area contributed by atoms with Crippen LogP contribution >= 0.6 is 0 Å². The maximum atomic E-state index is 10.4. The molecule has 0 aliphatic carbocycles. The Bertz CT molecular complexity index is 201. The predicted octanol–water partition coefficient (Wildman–Crippen LogP) is 1.91. The van der Waals surface area contributed by atoms with Gasteiger partial charge in [-0.15, -0.1) is 0 Å². The van der Waals surface area contributed by atoms with E-state index in [0.29, 0.717) is 0 Å². The number of carbonyl (C=O) groups is 1. The Morgan fingerprint density at radius 3 is 0.882 bits per heavy atom. The molecule has 0 aliphatic rings. The van der Waals surface area contributed by atoms with Gasteiger partial charge in [0.25, 0.3) is 12.4 Å². The Hall–Kier alpha value is -0.891. The van der Waals surface area contributed by atoms with Gasteiger partial charge in [-0.05, 0) is 13.8 Å². The number of ketones is 1. The van der Waals surface area contributed by atoms with Crippen LogP contribution in [0.1, 0.15) is 13.8 Å². The van der Waals surface area contributed by atoms with E-state index < -0.39 is 12.4 Å². The molecule has 0 saturated carbocycles. The Balaban J connectivity index is -0.0000000741. The van der Waals surface area contributed by atoms with Crippen molar-refractivity contribution in [1.29, 1.82) is 0 Å². The second-order valence-electron chi connectivity index (χ2n) is 2.11. The SMILES string of the molecule is CC(C)=O.O=[C-]C(F)(F)F.O=[C-]C(F)(F)F.[Cu+2]. The van der Waals surface area contributed by atoms with E-state index >= 15 is 0 Å². The van der Waals surface area contributed by atoms with Crippen LogP contribution in [0.3, 0.4) is 0 Å². The maximum absolute atomic E-state index is 10.4. The molecule has 1 radical (unpaired) electrons. The van der Waals surface area contributed by atoms with Crippen molar-refractivity contribution >= 4 is 18.4 Å². The molecule has 0 atom stereocenters. The number of rotatable bonds is 0. The number of carbonyl (C=O) groups excluding carboxylic acids is 3. The maximum Gasteiger partial charge on any atom is 2.00 e. The van der Waals surface area contributed by atoms with E-state index in [2.05, 4.69) is 0 Å². The topological polar surface area (TPSA) is 51.2 Å². The van der Waals surface area contributed by atoms with Gasteiger partial charge < -0.3 is 14.4 Å². The van der Waals surface area contributed by atoms with E-state index in [1.165, 1.54) is 13.8 Å². The molecule has 0 fully saturated rings. The van der Waals surface area contributed by atoms with Crippen LogP contribution in [-0.2, 0) is 31.5 Å². The van der Waals surface area contributed by atoms with Crippen molar-refractivity contribution in [2.24, 2.45) is 0 Å². The Kier molecular flexibility index (Phi) is 17.1. The van der Waals surface area contributed by atoms with Crippen LogP contribution < -0.4 is 0 Å². The molecular formula is C7H6CuF6O3.